The summed E-state index contributed by atoms with van der Waals surface area (Å²) >= 11 is 7.76. The summed E-state index contributed by atoms with van der Waals surface area (Å²) in [6.07, 6.45) is 1.71. The van der Waals surface area contributed by atoms with Crippen LogP contribution in [-0.4, -0.2) is 53.0 Å². The molecule has 3 rings (SSSR count). The molecule has 0 aliphatic carbocycles. The monoisotopic (exact) mass is 296 g/mol. The Bertz CT molecular complexity index is 468. The van der Waals surface area contributed by atoms with Gasteiger partial charge in [-0.15, -0.1) is 0 Å². The van der Waals surface area contributed by atoms with Gasteiger partial charge in [0.25, 0.3) is 0 Å². The Morgan fingerprint density at radius 3 is 2.53 bits per heavy atom. The van der Waals surface area contributed by atoms with Crippen molar-refractivity contribution in [3.8, 4) is 0 Å². The van der Waals surface area contributed by atoms with E-state index in [1.54, 1.807) is 6.20 Å². The van der Waals surface area contributed by atoms with Gasteiger partial charge in [0.05, 0.1) is 11.6 Å². The standard InChI is InChI=1S/C13H17ClN4S/c1-10-8-16-13(19-10)18-6-4-17(5-7-18)12-3-2-11(14)9-15-12/h2-3,9-10H,4-8H2,1H3/t10-/m0/s1. The highest BCUT2D eigenvalue weighted by atomic mass is 35.5. The topological polar surface area (TPSA) is 31.7 Å². The smallest absolute Gasteiger partial charge is 0.159 e. The van der Waals surface area contributed by atoms with Crippen molar-refractivity contribution in [1.82, 2.24) is 9.88 Å². The number of halogens is 1. The van der Waals surface area contributed by atoms with E-state index >= 15 is 0 Å². The predicted molar refractivity (Wildman–Crippen MR) is 82.4 cm³/mol. The van der Waals surface area contributed by atoms with Gasteiger partial charge in [0, 0.05) is 37.6 Å². The Morgan fingerprint density at radius 1 is 1.21 bits per heavy atom. The van der Waals surface area contributed by atoms with E-state index in [9.17, 15) is 0 Å². The third-order valence-corrected chi connectivity index (χ3v) is 4.75. The molecule has 4 nitrogen and oxygen atoms in total. The van der Waals surface area contributed by atoms with E-state index in [2.05, 4.69) is 26.7 Å². The number of thioether (sulfide) groups is 1. The average molecular weight is 297 g/mol. The number of pyridine rings is 1. The molecule has 0 bridgehead atoms. The third kappa shape index (κ3) is 2.98. The van der Waals surface area contributed by atoms with Crippen LogP contribution in [0.4, 0.5) is 5.82 Å². The molecule has 1 aromatic rings. The fourth-order valence-corrected chi connectivity index (χ4v) is 3.42. The Kier molecular flexibility index (Phi) is 3.84. The number of amidine groups is 1. The number of nitrogens with zero attached hydrogens (tertiary/aromatic N) is 4. The second kappa shape index (κ2) is 5.59. The second-order valence-electron chi connectivity index (χ2n) is 4.86. The number of aliphatic imine (C=N–C) groups is 1. The minimum Gasteiger partial charge on any atom is -0.353 e. The lowest BCUT2D eigenvalue weighted by molar-refractivity contribution is 0.391. The fourth-order valence-electron chi connectivity index (χ4n) is 2.32. The lowest BCUT2D eigenvalue weighted by atomic mass is 10.3. The van der Waals surface area contributed by atoms with Crippen LogP contribution < -0.4 is 4.90 Å². The molecular formula is C13H17ClN4S. The van der Waals surface area contributed by atoms with Crippen LogP contribution in [-0.2, 0) is 0 Å². The first-order valence-corrected chi connectivity index (χ1v) is 7.81. The Labute approximate surface area is 122 Å². The summed E-state index contributed by atoms with van der Waals surface area (Å²) in [6, 6.07) is 3.89. The van der Waals surface area contributed by atoms with Crippen LogP contribution >= 0.6 is 23.4 Å². The van der Waals surface area contributed by atoms with Crippen LogP contribution in [0.2, 0.25) is 5.02 Å². The quantitative estimate of drug-likeness (QED) is 0.796. The van der Waals surface area contributed by atoms with Crippen molar-refractivity contribution in [3.05, 3.63) is 23.4 Å². The molecule has 19 heavy (non-hydrogen) atoms. The number of hydrogen-bond donors (Lipinski definition) is 0. The molecular weight excluding hydrogens is 280 g/mol. The van der Waals surface area contributed by atoms with Crippen molar-refractivity contribution in [3.63, 3.8) is 0 Å². The number of piperazine rings is 1. The highest BCUT2D eigenvalue weighted by Crippen LogP contribution is 2.24. The molecule has 3 heterocycles. The van der Waals surface area contributed by atoms with Crippen LogP contribution in [0.3, 0.4) is 0 Å². The molecule has 0 radical (unpaired) electrons. The predicted octanol–water partition coefficient (Wildman–Crippen LogP) is 2.35. The molecule has 0 spiro atoms. The largest absolute Gasteiger partial charge is 0.353 e. The first-order chi connectivity index (χ1) is 9.22. The fraction of sp³-hybridized carbons (Fsp3) is 0.538. The molecule has 1 aromatic heterocycles. The van der Waals surface area contributed by atoms with Crippen molar-refractivity contribution < 1.29 is 0 Å². The first-order valence-electron chi connectivity index (χ1n) is 6.55. The third-order valence-electron chi connectivity index (χ3n) is 3.38. The summed E-state index contributed by atoms with van der Waals surface area (Å²) in [5.74, 6) is 1.01. The van der Waals surface area contributed by atoms with Crippen LogP contribution in [0.1, 0.15) is 6.92 Å². The minimum atomic E-state index is 0.631. The van der Waals surface area contributed by atoms with Crippen molar-refractivity contribution in [2.24, 2.45) is 4.99 Å². The summed E-state index contributed by atoms with van der Waals surface area (Å²) in [5.41, 5.74) is 0. The summed E-state index contributed by atoms with van der Waals surface area (Å²) in [7, 11) is 0. The van der Waals surface area contributed by atoms with Crippen molar-refractivity contribution in [2.75, 3.05) is 37.6 Å². The van der Waals surface area contributed by atoms with E-state index in [4.69, 9.17) is 11.6 Å². The molecule has 1 atom stereocenters. The normalized spacial score (nSPS) is 23.7. The zero-order chi connectivity index (χ0) is 13.2. The van der Waals surface area contributed by atoms with Crippen molar-refractivity contribution in [1.29, 1.82) is 0 Å². The Balaban J connectivity index is 1.59. The van der Waals surface area contributed by atoms with E-state index in [0.29, 0.717) is 10.3 Å². The SMILES string of the molecule is C[C@H]1CN=C(N2CCN(c3ccc(Cl)cn3)CC2)S1. The highest BCUT2D eigenvalue weighted by Gasteiger charge is 2.24. The molecule has 1 fully saturated rings. The Hall–Kier alpha value is -0.940. The molecule has 1 saturated heterocycles. The first kappa shape index (κ1) is 13.1. The average Bonchev–Trinajstić information content (AvgIpc) is 2.87. The summed E-state index contributed by atoms with van der Waals surface area (Å²) in [6.45, 7) is 7.20. The van der Waals surface area contributed by atoms with Gasteiger partial charge in [-0.25, -0.2) is 4.98 Å². The van der Waals surface area contributed by atoms with Gasteiger partial charge in [-0.05, 0) is 12.1 Å². The van der Waals surface area contributed by atoms with Gasteiger partial charge in [-0.2, -0.15) is 0 Å². The molecule has 0 N–H and O–H groups in total. The number of aromatic nitrogens is 1. The molecule has 2 aliphatic rings. The molecule has 6 heteroatoms. The van der Waals surface area contributed by atoms with E-state index in [1.165, 1.54) is 5.17 Å². The van der Waals surface area contributed by atoms with Gasteiger partial charge in [0.1, 0.15) is 5.82 Å². The second-order valence-corrected chi connectivity index (χ2v) is 6.70. The van der Waals surface area contributed by atoms with E-state index < -0.39 is 0 Å². The molecule has 102 valence electrons. The number of rotatable bonds is 1. The van der Waals surface area contributed by atoms with Crippen molar-refractivity contribution >= 4 is 34.3 Å². The zero-order valence-corrected chi connectivity index (χ0v) is 12.5. The van der Waals surface area contributed by atoms with Gasteiger partial charge in [0.15, 0.2) is 5.17 Å². The lowest BCUT2D eigenvalue weighted by Crippen LogP contribution is -2.48. The maximum Gasteiger partial charge on any atom is 0.159 e. The van der Waals surface area contributed by atoms with Gasteiger partial charge < -0.3 is 9.80 Å². The van der Waals surface area contributed by atoms with Gasteiger partial charge >= 0.3 is 0 Å². The van der Waals surface area contributed by atoms with Crippen LogP contribution in [0.25, 0.3) is 0 Å². The Morgan fingerprint density at radius 2 is 1.95 bits per heavy atom. The van der Waals surface area contributed by atoms with Crippen molar-refractivity contribution in [2.45, 2.75) is 12.2 Å². The molecule has 0 amide bonds. The highest BCUT2D eigenvalue weighted by molar-refractivity contribution is 8.14. The molecule has 2 aliphatic heterocycles. The number of hydrogen-bond acceptors (Lipinski definition) is 5. The molecule has 0 aromatic carbocycles. The number of anilines is 1. The van der Waals surface area contributed by atoms with Crippen LogP contribution in [0.15, 0.2) is 23.3 Å². The molecule has 0 saturated carbocycles. The minimum absolute atomic E-state index is 0.631. The van der Waals surface area contributed by atoms with Gasteiger partial charge in [-0.1, -0.05) is 30.3 Å². The van der Waals surface area contributed by atoms with Crippen LogP contribution in [0.5, 0.6) is 0 Å². The summed E-state index contributed by atoms with van der Waals surface area (Å²) in [5, 5.41) is 2.54. The van der Waals surface area contributed by atoms with Gasteiger partial charge in [0.2, 0.25) is 0 Å². The zero-order valence-electron chi connectivity index (χ0n) is 10.9. The van der Waals surface area contributed by atoms with Crippen LogP contribution in [0, 0.1) is 0 Å². The summed E-state index contributed by atoms with van der Waals surface area (Å²) in [4.78, 5) is 13.7. The lowest BCUT2D eigenvalue weighted by Gasteiger charge is -2.36. The van der Waals surface area contributed by atoms with E-state index in [0.717, 1.165) is 38.5 Å². The summed E-state index contributed by atoms with van der Waals surface area (Å²) < 4.78 is 0. The molecule has 0 unspecified atom stereocenters. The van der Waals surface area contributed by atoms with E-state index in [-0.39, 0.29) is 0 Å². The van der Waals surface area contributed by atoms with Gasteiger partial charge in [-0.3, -0.25) is 4.99 Å². The van der Waals surface area contributed by atoms with E-state index in [1.807, 2.05) is 23.9 Å². The maximum atomic E-state index is 5.87. The maximum absolute atomic E-state index is 5.87.